The summed E-state index contributed by atoms with van der Waals surface area (Å²) < 4.78 is 1.45. The Kier molecular flexibility index (Phi) is 10.9. The number of rotatable bonds is 3. The summed E-state index contributed by atoms with van der Waals surface area (Å²) in [6.45, 7) is 11.4. The molecule has 28 heavy (non-hydrogen) atoms. The molecule has 1 aliphatic carbocycles. The van der Waals surface area contributed by atoms with Crippen LogP contribution in [0.25, 0.3) is 0 Å². The van der Waals surface area contributed by atoms with Crippen molar-refractivity contribution in [3.63, 3.8) is 0 Å². The van der Waals surface area contributed by atoms with Gasteiger partial charge in [-0.15, -0.1) is 0 Å². The minimum absolute atomic E-state index is 0. The van der Waals surface area contributed by atoms with Gasteiger partial charge in [0.2, 0.25) is 0 Å². The SMILES string of the molecule is Cc1cccc(C(C2=C(C(C)(C)C)[C]([Ti+3])=CC2)c2cccc(C)c2)c1.[Cl-].[Cl-].[Cl-]. The summed E-state index contributed by atoms with van der Waals surface area (Å²) >= 11 is 2.27. The van der Waals surface area contributed by atoms with Crippen LogP contribution in [0.4, 0.5) is 0 Å². The summed E-state index contributed by atoms with van der Waals surface area (Å²) in [6, 6.07) is 18.1. The van der Waals surface area contributed by atoms with Crippen LogP contribution in [0.2, 0.25) is 0 Å². The Morgan fingerprint density at radius 1 is 0.821 bits per heavy atom. The fraction of sp³-hybridized carbons (Fsp3) is 0.333. The molecule has 0 fully saturated rings. The van der Waals surface area contributed by atoms with Crippen LogP contribution in [-0.4, -0.2) is 0 Å². The van der Waals surface area contributed by atoms with Crippen LogP contribution in [0.3, 0.4) is 0 Å². The second-order valence-electron chi connectivity index (χ2n) is 8.23. The maximum absolute atomic E-state index is 2.41. The van der Waals surface area contributed by atoms with E-state index >= 15 is 0 Å². The van der Waals surface area contributed by atoms with Crippen molar-refractivity contribution in [3.8, 4) is 0 Å². The fourth-order valence-electron chi connectivity index (χ4n) is 4.03. The van der Waals surface area contributed by atoms with Crippen LogP contribution < -0.4 is 37.2 Å². The second-order valence-corrected chi connectivity index (χ2v) is 9.07. The third kappa shape index (κ3) is 6.00. The van der Waals surface area contributed by atoms with Crippen LogP contribution in [0, 0.1) is 19.3 Å². The molecule has 0 bridgehead atoms. The summed E-state index contributed by atoms with van der Waals surface area (Å²) in [5, 5.41) is 0. The van der Waals surface area contributed by atoms with Gasteiger partial charge in [-0.1, -0.05) is 0 Å². The van der Waals surface area contributed by atoms with E-state index in [1.807, 2.05) is 0 Å². The number of allylic oxidation sites excluding steroid dienone is 4. The Labute approximate surface area is 200 Å². The molecule has 2 aromatic rings. The van der Waals surface area contributed by atoms with Gasteiger partial charge < -0.3 is 37.2 Å². The zero-order valence-corrected chi connectivity index (χ0v) is 20.9. The Hall–Kier alpha value is -0.496. The molecule has 0 aliphatic heterocycles. The first kappa shape index (κ1) is 27.5. The molecule has 3 rings (SSSR count). The monoisotopic (exact) mass is 468 g/mol. The maximum Gasteiger partial charge on any atom is -1.00 e. The van der Waals surface area contributed by atoms with Crippen LogP contribution in [-0.2, 0) is 20.4 Å². The molecule has 148 valence electrons. The molecule has 0 nitrogen and oxygen atoms in total. The Bertz CT molecular complexity index is 815. The van der Waals surface area contributed by atoms with Crippen LogP contribution in [0.15, 0.2) is 69.6 Å². The standard InChI is InChI=1S/C24H27.3ClH.Ti/c1-17-9-6-11-19(15-17)23(20-12-7-10-18(2)16-20)21-13-8-14-22(21)24(3,4)5;;;;/h6-12,15-16,23H,13H2,1-5H3;3*1H;/q;;;;+3/p-3. The molecule has 0 amide bonds. The largest absolute Gasteiger partial charge is 1.00 e. The van der Waals surface area contributed by atoms with E-state index in [1.165, 1.54) is 26.1 Å². The van der Waals surface area contributed by atoms with Gasteiger partial charge in [0.1, 0.15) is 0 Å². The average Bonchev–Trinajstić information content (AvgIpc) is 2.89. The van der Waals surface area contributed by atoms with Gasteiger partial charge in [-0.2, -0.15) is 0 Å². The quantitative estimate of drug-likeness (QED) is 0.441. The van der Waals surface area contributed by atoms with Gasteiger partial charge >= 0.3 is 165 Å². The number of hydrogen-bond acceptors (Lipinski definition) is 0. The first-order valence-corrected chi connectivity index (χ1v) is 9.84. The normalized spacial score (nSPS) is 13.5. The zero-order valence-electron chi connectivity index (χ0n) is 17.1. The van der Waals surface area contributed by atoms with E-state index in [-0.39, 0.29) is 42.6 Å². The molecule has 0 radical (unpaired) electrons. The predicted octanol–water partition coefficient (Wildman–Crippen LogP) is -2.38. The molecule has 0 aromatic heterocycles. The third-order valence-corrected chi connectivity index (χ3v) is 5.68. The molecule has 0 saturated heterocycles. The summed E-state index contributed by atoms with van der Waals surface area (Å²) in [5.41, 5.74) is 8.75. The van der Waals surface area contributed by atoms with Gasteiger partial charge in [-0.25, -0.2) is 0 Å². The van der Waals surface area contributed by atoms with Crippen molar-refractivity contribution in [1.29, 1.82) is 0 Å². The Balaban J connectivity index is 0.00000243. The zero-order chi connectivity index (χ0) is 18.2. The molecule has 4 heteroatoms. The van der Waals surface area contributed by atoms with E-state index in [1.54, 1.807) is 11.1 Å². The number of aryl methyl sites for hydroxylation is 2. The van der Waals surface area contributed by atoms with E-state index in [0.29, 0.717) is 5.92 Å². The van der Waals surface area contributed by atoms with Crippen molar-refractivity contribution in [2.24, 2.45) is 5.41 Å². The molecule has 2 aromatic carbocycles. The van der Waals surface area contributed by atoms with Gasteiger partial charge in [-0.3, -0.25) is 0 Å². The Morgan fingerprint density at radius 2 is 1.29 bits per heavy atom. The minimum atomic E-state index is 0. The third-order valence-electron chi connectivity index (χ3n) is 4.97. The Morgan fingerprint density at radius 3 is 1.68 bits per heavy atom. The first-order valence-electron chi connectivity index (χ1n) is 9.06. The first-order chi connectivity index (χ1) is 11.8. The van der Waals surface area contributed by atoms with E-state index in [9.17, 15) is 0 Å². The van der Waals surface area contributed by atoms with Gasteiger partial charge in [-0.05, 0) is 0 Å². The molecule has 1 aliphatic rings. The summed E-state index contributed by atoms with van der Waals surface area (Å²) in [7, 11) is 0. The molecule has 0 spiro atoms. The van der Waals surface area contributed by atoms with Crippen molar-refractivity contribution in [1.82, 2.24) is 0 Å². The van der Waals surface area contributed by atoms with E-state index in [2.05, 4.69) is 110 Å². The van der Waals surface area contributed by atoms with Crippen molar-refractivity contribution < 1.29 is 57.7 Å². The number of benzene rings is 2. The second kappa shape index (κ2) is 11.0. The van der Waals surface area contributed by atoms with Crippen LogP contribution >= 0.6 is 0 Å². The summed E-state index contributed by atoms with van der Waals surface area (Å²) in [4.78, 5) is 0. The van der Waals surface area contributed by atoms with Crippen molar-refractivity contribution in [2.75, 3.05) is 0 Å². The molecule has 0 heterocycles. The minimum Gasteiger partial charge on any atom is -1.00 e. The summed E-state index contributed by atoms with van der Waals surface area (Å²) in [6.07, 6.45) is 3.47. The molecule has 0 saturated carbocycles. The molecular weight excluding hydrogens is 442 g/mol. The van der Waals surface area contributed by atoms with Crippen LogP contribution in [0.1, 0.15) is 55.4 Å². The van der Waals surface area contributed by atoms with E-state index in [4.69, 9.17) is 0 Å². The van der Waals surface area contributed by atoms with Crippen molar-refractivity contribution in [3.05, 3.63) is 91.9 Å². The molecule has 0 atom stereocenters. The number of hydrogen-bond donors (Lipinski definition) is 0. The van der Waals surface area contributed by atoms with Crippen molar-refractivity contribution >= 4 is 0 Å². The fourth-order valence-corrected chi connectivity index (χ4v) is 5.03. The van der Waals surface area contributed by atoms with Gasteiger partial charge in [0, 0.05) is 0 Å². The van der Waals surface area contributed by atoms with E-state index in [0.717, 1.165) is 6.42 Å². The smallest absolute Gasteiger partial charge is 1.00 e. The van der Waals surface area contributed by atoms with Crippen LogP contribution in [0.5, 0.6) is 0 Å². The van der Waals surface area contributed by atoms with E-state index < -0.39 is 0 Å². The van der Waals surface area contributed by atoms with Crippen molar-refractivity contribution in [2.45, 2.75) is 47.0 Å². The predicted molar refractivity (Wildman–Crippen MR) is 103 cm³/mol. The molecule has 0 unspecified atom stereocenters. The topological polar surface area (TPSA) is 0 Å². The van der Waals surface area contributed by atoms with Gasteiger partial charge in [0.25, 0.3) is 0 Å². The summed E-state index contributed by atoms with van der Waals surface area (Å²) in [5.74, 6) is 0.336. The molecule has 0 N–H and O–H groups in total. The molecular formula is C24H27Cl3Ti. The van der Waals surface area contributed by atoms with Gasteiger partial charge in [0.15, 0.2) is 0 Å². The average molecular weight is 470 g/mol. The number of halogens is 3. The maximum atomic E-state index is 2.41. The van der Waals surface area contributed by atoms with Gasteiger partial charge in [0.05, 0.1) is 0 Å².